The molecule has 0 amide bonds. The van der Waals surface area contributed by atoms with Crippen LogP contribution in [0.25, 0.3) is 22.0 Å². The fourth-order valence-electron chi connectivity index (χ4n) is 5.78. The van der Waals surface area contributed by atoms with Gasteiger partial charge in [-0.1, -0.05) is 36.4 Å². The minimum Gasteiger partial charge on any atom is -0.357 e. The first-order valence-corrected chi connectivity index (χ1v) is 15.4. The lowest BCUT2D eigenvalue weighted by molar-refractivity contribution is -0.0394. The number of piperidine rings is 1. The first kappa shape index (κ1) is 25.3. The van der Waals surface area contributed by atoms with E-state index in [0.29, 0.717) is 25.4 Å². The van der Waals surface area contributed by atoms with Crippen molar-refractivity contribution in [2.75, 3.05) is 25.4 Å². The average molecular weight is 533 g/mol. The van der Waals surface area contributed by atoms with Gasteiger partial charge in [0.1, 0.15) is 6.23 Å². The van der Waals surface area contributed by atoms with Gasteiger partial charge in [-0.2, -0.15) is 5.10 Å². The third-order valence-electron chi connectivity index (χ3n) is 8.07. The molecule has 4 aromatic rings. The second-order valence-corrected chi connectivity index (χ2v) is 12.8. The normalized spacial score (nSPS) is 19.7. The van der Waals surface area contributed by atoms with Crippen LogP contribution in [-0.2, 0) is 27.7 Å². The van der Waals surface area contributed by atoms with Crippen LogP contribution < -0.4 is 0 Å². The van der Waals surface area contributed by atoms with Crippen LogP contribution in [0.3, 0.4) is 0 Å². The molecule has 2 aliphatic heterocycles. The molecule has 2 fully saturated rings. The second-order valence-electron chi connectivity index (χ2n) is 10.7. The third-order valence-corrected chi connectivity index (χ3v) is 9.94. The standard InChI is InChI=1S/C30H36N4O3S/c35-38(36,19-14-24-6-2-1-3-7-24)33-16-11-25(12-17-33)22-32-15-13-27-20-26(9-10-29(27)32)28-21-31-34(23-28)30-8-4-5-18-37-30/h1-3,6-7,9-10,13,15,20-21,23,25,30H,4-5,8,11-12,14,16-19,22H2. The Morgan fingerprint density at radius 1 is 0.947 bits per heavy atom. The number of aromatic nitrogens is 3. The topological polar surface area (TPSA) is 69.4 Å². The molecule has 0 saturated carbocycles. The Labute approximate surface area is 225 Å². The number of benzene rings is 2. The van der Waals surface area contributed by atoms with Gasteiger partial charge in [-0.05, 0) is 73.8 Å². The summed E-state index contributed by atoms with van der Waals surface area (Å²) in [6.45, 7) is 2.94. The van der Waals surface area contributed by atoms with Crippen molar-refractivity contribution < 1.29 is 13.2 Å². The molecular weight excluding hydrogens is 496 g/mol. The third kappa shape index (κ3) is 5.58. The van der Waals surface area contributed by atoms with E-state index >= 15 is 0 Å². The van der Waals surface area contributed by atoms with Crippen molar-refractivity contribution in [1.29, 1.82) is 0 Å². The van der Waals surface area contributed by atoms with Crippen LogP contribution in [0.5, 0.6) is 0 Å². The van der Waals surface area contributed by atoms with Crippen LogP contribution >= 0.6 is 0 Å². The van der Waals surface area contributed by atoms with Crippen molar-refractivity contribution in [2.45, 2.75) is 51.3 Å². The van der Waals surface area contributed by atoms with Gasteiger partial charge in [-0.3, -0.25) is 0 Å². The maximum Gasteiger partial charge on any atom is 0.214 e. The zero-order valence-corrected chi connectivity index (χ0v) is 22.6. The predicted molar refractivity (Wildman–Crippen MR) is 150 cm³/mol. The molecule has 1 atom stereocenters. The van der Waals surface area contributed by atoms with Gasteiger partial charge in [-0.15, -0.1) is 0 Å². The van der Waals surface area contributed by atoms with Crippen LogP contribution in [0.2, 0.25) is 0 Å². The van der Waals surface area contributed by atoms with Crippen LogP contribution in [0, 0.1) is 5.92 Å². The number of aryl methyl sites for hydroxylation is 1. The molecule has 2 aromatic heterocycles. The van der Waals surface area contributed by atoms with Crippen LogP contribution in [0.15, 0.2) is 73.2 Å². The van der Waals surface area contributed by atoms with E-state index in [0.717, 1.165) is 55.5 Å². The van der Waals surface area contributed by atoms with Crippen LogP contribution in [0.1, 0.15) is 43.9 Å². The molecule has 2 saturated heterocycles. The number of ether oxygens (including phenoxy) is 1. The van der Waals surface area contributed by atoms with Gasteiger partial charge in [0, 0.05) is 55.1 Å². The van der Waals surface area contributed by atoms with E-state index in [-0.39, 0.29) is 12.0 Å². The molecular formula is C30H36N4O3S. The highest BCUT2D eigenvalue weighted by atomic mass is 32.2. The number of sulfonamides is 1. The van der Waals surface area contributed by atoms with E-state index in [1.807, 2.05) is 41.2 Å². The Bertz CT molecular complexity index is 1460. The van der Waals surface area contributed by atoms with Crippen molar-refractivity contribution >= 4 is 20.9 Å². The molecule has 8 heteroatoms. The summed E-state index contributed by atoms with van der Waals surface area (Å²) in [7, 11) is -3.23. The first-order chi connectivity index (χ1) is 18.5. The highest BCUT2D eigenvalue weighted by Gasteiger charge is 2.28. The number of rotatable bonds is 8. The Morgan fingerprint density at radius 2 is 1.79 bits per heavy atom. The Balaban J connectivity index is 1.06. The number of nitrogens with zero attached hydrogens (tertiary/aromatic N) is 4. The molecule has 4 heterocycles. The summed E-state index contributed by atoms with van der Waals surface area (Å²) in [5, 5.41) is 5.78. The molecule has 7 nitrogen and oxygen atoms in total. The van der Waals surface area contributed by atoms with Crippen molar-refractivity contribution in [1.82, 2.24) is 18.7 Å². The molecule has 0 spiro atoms. The van der Waals surface area contributed by atoms with Crippen molar-refractivity contribution in [3.05, 3.63) is 78.8 Å². The largest absolute Gasteiger partial charge is 0.357 e. The molecule has 0 N–H and O–H groups in total. The van der Waals surface area contributed by atoms with E-state index in [2.05, 4.69) is 46.3 Å². The van der Waals surface area contributed by atoms with Crippen molar-refractivity contribution in [3.63, 3.8) is 0 Å². The SMILES string of the molecule is O=S(=O)(CCc1ccccc1)N1CCC(Cn2ccc3cc(-c4cnn(C5CCCCO5)c4)ccc32)CC1. The van der Waals surface area contributed by atoms with E-state index in [9.17, 15) is 8.42 Å². The molecule has 2 aromatic carbocycles. The Hall–Kier alpha value is -2.94. The van der Waals surface area contributed by atoms with E-state index in [4.69, 9.17) is 4.74 Å². The predicted octanol–water partition coefficient (Wildman–Crippen LogP) is 5.49. The summed E-state index contributed by atoms with van der Waals surface area (Å²) in [6, 6.07) is 18.6. The maximum atomic E-state index is 12.9. The minimum atomic E-state index is -3.23. The van der Waals surface area contributed by atoms with E-state index < -0.39 is 10.0 Å². The van der Waals surface area contributed by atoms with Crippen molar-refractivity contribution in [2.24, 2.45) is 5.92 Å². The number of hydrogen-bond acceptors (Lipinski definition) is 4. The first-order valence-electron chi connectivity index (χ1n) is 13.8. The molecule has 0 bridgehead atoms. The van der Waals surface area contributed by atoms with E-state index in [1.54, 1.807) is 4.31 Å². The molecule has 1 unspecified atom stereocenters. The Morgan fingerprint density at radius 3 is 2.58 bits per heavy atom. The lowest BCUT2D eigenvalue weighted by atomic mass is 9.98. The lowest BCUT2D eigenvalue weighted by Gasteiger charge is -2.31. The number of fused-ring (bicyclic) bond motifs is 1. The van der Waals surface area contributed by atoms with Gasteiger partial charge in [0.2, 0.25) is 10.0 Å². The van der Waals surface area contributed by atoms with Crippen LogP contribution in [-0.4, -0.2) is 52.5 Å². The fourth-order valence-corrected chi connectivity index (χ4v) is 7.30. The zero-order valence-electron chi connectivity index (χ0n) is 21.8. The van der Waals surface area contributed by atoms with Gasteiger partial charge in [-0.25, -0.2) is 17.4 Å². The van der Waals surface area contributed by atoms with Gasteiger partial charge < -0.3 is 9.30 Å². The lowest BCUT2D eigenvalue weighted by Crippen LogP contribution is -2.40. The highest BCUT2D eigenvalue weighted by Crippen LogP contribution is 2.29. The summed E-state index contributed by atoms with van der Waals surface area (Å²) in [4.78, 5) is 0. The smallest absolute Gasteiger partial charge is 0.214 e. The molecule has 0 aliphatic carbocycles. The molecule has 2 aliphatic rings. The quantitative estimate of drug-likeness (QED) is 0.301. The van der Waals surface area contributed by atoms with Crippen LogP contribution in [0.4, 0.5) is 0 Å². The second kappa shape index (κ2) is 11.0. The molecule has 0 radical (unpaired) electrons. The maximum absolute atomic E-state index is 12.9. The van der Waals surface area contributed by atoms with Crippen molar-refractivity contribution in [3.8, 4) is 11.1 Å². The summed E-state index contributed by atoms with van der Waals surface area (Å²) < 4.78 is 37.7. The van der Waals surface area contributed by atoms with Gasteiger partial charge >= 0.3 is 0 Å². The number of hydrogen-bond donors (Lipinski definition) is 0. The highest BCUT2D eigenvalue weighted by molar-refractivity contribution is 7.89. The summed E-state index contributed by atoms with van der Waals surface area (Å²) >= 11 is 0. The van der Waals surface area contributed by atoms with Gasteiger partial charge in [0.15, 0.2) is 0 Å². The van der Waals surface area contributed by atoms with E-state index in [1.165, 1.54) is 17.3 Å². The minimum absolute atomic E-state index is 0.0487. The average Bonchev–Trinajstić information content (AvgIpc) is 3.61. The zero-order chi connectivity index (χ0) is 26.0. The monoisotopic (exact) mass is 532 g/mol. The summed E-state index contributed by atoms with van der Waals surface area (Å²) in [5.41, 5.74) is 4.55. The molecule has 200 valence electrons. The Kier molecular flexibility index (Phi) is 7.37. The van der Waals surface area contributed by atoms with Gasteiger partial charge in [0.25, 0.3) is 0 Å². The summed E-state index contributed by atoms with van der Waals surface area (Å²) in [5.74, 6) is 0.651. The van der Waals surface area contributed by atoms with Gasteiger partial charge in [0.05, 0.1) is 11.9 Å². The molecule has 6 rings (SSSR count). The molecule has 38 heavy (non-hydrogen) atoms. The fraction of sp³-hybridized carbons (Fsp3) is 0.433. The summed E-state index contributed by atoms with van der Waals surface area (Å²) in [6.07, 6.45) is 11.9.